The van der Waals surface area contributed by atoms with Crippen molar-refractivity contribution in [2.75, 3.05) is 19.4 Å². The fourth-order valence-electron chi connectivity index (χ4n) is 2.59. The highest BCUT2D eigenvalue weighted by Gasteiger charge is 2.28. The van der Waals surface area contributed by atoms with E-state index in [0.29, 0.717) is 12.1 Å². The van der Waals surface area contributed by atoms with Crippen molar-refractivity contribution in [3.63, 3.8) is 0 Å². The third kappa shape index (κ3) is 2.99. The van der Waals surface area contributed by atoms with Gasteiger partial charge >= 0.3 is 0 Å². The quantitative estimate of drug-likeness (QED) is 0.812. The number of hydrogen-bond acceptors (Lipinski definition) is 3. The fourth-order valence-corrected chi connectivity index (χ4v) is 2.59. The Hall–Kier alpha value is -1.06. The molecule has 2 N–H and O–H groups in total. The van der Waals surface area contributed by atoms with Crippen LogP contribution in [0.5, 0.6) is 0 Å². The molecule has 2 rings (SSSR count). The number of likely N-dealkylation sites (tertiary alicyclic amines) is 1. The molecule has 1 fully saturated rings. The molecule has 1 aliphatic heterocycles. The summed E-state index contributed by atoms with van der Waals surface area (Å²) >= 11 is 0. The minimum atomic E-state index is 0.311. The second kappa shape index (κ2) is 5.52. The molecule has 1 heterocycles. The van der Waals surface area contributed by atoms with Crippen LogP contribution in [0.15, 0.2) is 24.3 Å². The monoisotopic (exact) mass is 234 g/mol. The van der Waals surface area contributed by atoms with E-state index in [9.17, 15) is 0 Å². The molecular weight excluding hydrogens is 212 g/mol. The van der Waals surface area contributed by atoms with Gasteiger partial charge in [-0.05, 0) is 44.0 Å². The van der Waals surface area contributed by atoms with Crippen molar-refractivity contribution in [3.05, 3.63) is 29.8 Å². The minimum absolute atomic E-state index is 0.311. The highest BCUT2D eigenvalue weighted by atomic mass is 16.5. The molecule has 0 aliphatic carbocycles. The maximum absolute atomic E-state index is 5.70. The average Bonchev–Trinajstić information content (AvgIpc) is 2.79. The molecule has 0 amide bonds. The summed E-state index contributed by atoms with van der Waals surface area (Å²) in [6.45, 7) is 4.33. The lowest BCUT2D eigenvalue weighted by molar-refractivity contribution is 0.0411. The summed E-state index contributed by atoms with van der Waals surface area (Å²) in [6.07, 6.45) is 2.82. The van der Waals surface area contributed by atoms with Crippen LogP contribution in [-0.4, -0.2) is 30.7 Å². The van der Waals surface area contributed by atoms with Gasteiger partial charge in [0.2, 0.25) is 0 Å². The molecule has 0 aromatic heterocycles. The van der Waals surface area contributed by atoms with Crippen LogP contribution in [0.2, 0.25) is 0 Å². The van der Waals surface area contributed by atoms with Gasteiger partial charge in [0, 0.05) is 25.4 Å². The van der Waals surface area contributed by atoms with E-state index in [1.165, 1.54) is 24.9 Å². The highest BCUT2D eigenvalue weighted by Crippen LogP contribution is 2.23. The number of methoxy groups -OCH3 is 1. The van der Waals surface area contributed by atoms with E-state index in [2.05, 4.69) is 24.0 Å². The SMILES string of the molecule is CO[C@@H](C)[C@@H]1CCCN1Cc1ccc(N)cc1. The summed E-state index contributed by atoms with van der Waals surface area (Å²) in [4.78, 5) is 2.51. The fraction of sp³-hybridized carbons (Fsp3) is 0.571. The predicted molar refractivity (Wildman–Crippen MR) is 70.8 cm³/mol. The van der Waals surface area contributed by atoms with Gasteiger partial charge in [0.1, 0.15) is 0 Å². The van der Waals surface area contributed by atoms with E-state index in [-0.39, 0.29) is 0 Å². The second-order valence-electron chi connectivity index (χ2n) is 4.86. The number of nitrogens with zero attached hydrogens (tertiary/aromatic N) is 1. The van der Waals surface area contributed by atoms with Crippen LogP contribution >= 0.6 is 0 Å². The Morgan fingerprint density at radius 2 is 2.12 bits per heavy atom. The third-order valence-corrected chi connectivity index (χ3v) is 3.69. The first-order chi connectivity index (χ1) is 8.20. The highest BCUT2D eigenvalue weighted by molar-refractivity contribution is 5.39. The van der Waals surface area contributed by atoms with Crippen LogP contribution in [0.1, 0.15) is 25.3 Å². The zero-order valence-electron chi connectivity index (χ0n) is 10.7. The van der Waals surface area contributed by atoms with Crippen LogP contribution < -0.4 is 5.73 Å². The molecule has 1 aliphatic rings. The number of benzene rings is 1. The lowest BCUT2D eigenvalue weighted by atomic mass is 10.1. The molecule has 3 heteroatoms. The second-order valence-corrected chi connectivity index (χ2v) is 4.86. The normalized spacial score (nSPS) is 22.8. The van der Waals surface area contributed by atoms with Gasteiger partial charge in [-0.25, -0.2) is 0 Å². The van der Waals surface area contributed by atoms with Crippen molar-refractivity contribution < 1.29 is 4.74 Å². The van der Waals surface area contributed by atoms with Gasteiger partial charge in [-0.1, -0.05) is 12.1 Å². The number of ether oxygens (including phenoxy) is 1. The summed E-state index contributed by atoms with van der Waals surface area (Å²) in [5.41, 5.74) is 7.86. The van der Waals surface area contributed by atoms with E-state index < -0.39 is 0 Å². The maximum Gasteiger partial charge on any atom is 0.0698 e. The number of hydrogen-bond donors (Lipinski definition) is 1. The molecule has 17 heavy (non-hydrogen) atoms. The van der Waals surface area contributed by atoms with Crippen LogP contribution in [-0.2, 0) is 11.3 Å². The Kier molecular flexibility index (Phi) is 4.02. The van der Waals surface area contributed by atoms with E-state index in [1.807, 2.05) is 12.1 Å². The van der Waals surface area contributed by atoms with Crippen LogP contribution in [0, 0.1) is 0 Å². The predicted octanol–water partition coefficient (Wildman–Crippen LogP) is 2.27. The van der Waals surface area contributed by atoms with Gasteiger partial charge in [0.15, 0.2) is 0 Å². The first-order valence-electron chi connectivity index (χ1n) is 6.32. The van der Waals surface area contributed by atoms with Gasteiger partial charge in [-0.15, -0.1) is 0 Å². The van der Waals surface area contributed by atoms with Gasteiger partial charge < -0.3 is 10.5 Å². The molecule has 0 spiro atoms. The molecule has 3 nitrogen and oxygen atoms in total. The van der Waals surface area contributed by atoms with E-state index in [4.69, 9.17) is 10.5 Å². The smallest absolute Gasteiger partial charge is 0.0698 e. The molecule has 0 saturated carbocycles. The molecule has 1 aromatic carbocycles. The minimum Gasteiger partial charge on any atom is -0.399 e. The molecule has 1 aromatic rings. The Bertz CT molecular complexity index is 350. The summed E-state index contributed by atoms with van der Waals surface area (Å²) in [5.74, 6) is 0. The summed E-state index contributed by atoms with van der Waals surface area (Å²) in [6, 6.07) is 8.72. The van der Waals surface area contributed by atoms with Crippen LogP contribution in [0.25, 0.3) is 0 Å². The van der Waals surface area contributed by atoms with Crippen molar-refractivity contribution >= 4 is 5.69 Å². The molecule has 0 bridgehead atoms. The molecule has 0 unspecified atom stereocenters. The topological polar surface area (TPSA) is 38.5 Å². The van der Waals surface area contributed by atoms with E-state index >= 15 is 0 Å². The van der Waals surface area contributed by atoms with Gasteiger partial charge in [-0.2, -0.15) is 0 Å². The van der Waals surface area contributed by atoms with Crippen molar-refractivity contribution in [2.45, 2.75) is 38.5 Å². The van der Waals surface area contributed by atoms with Crippen molar-refractivity contribution in [2.24, 2.45) is 0 Å². The van der Waals surface area contributed by atoms with Crippen molar-refractivity contribution in [3.8, 4) is 0 Å². The summed E-state index contributed by atoms with van der Waals surface area (Å²) in [7, 11) is 1.80. The molecule has 94 valence electrons. The van der Waals surface area contributed by atoms with Gasteiger partial charge in [0.25, 0.3) is 0 Å². The number of rotatable bonds is 4. The number of anilines is 1. The Balaban J connectivity index is 2.00. The van der Waals surface area contributed by atoms with Crippen molar-refractivity contribution in [1.29, 1.82) is 0 Å². The number of nitrogens with two attached hydrogens (primary N) is 1. The van der Waals surface area contributed by atoms with E-state index in [1.54, 1.807) is 7.11 Å². The van der Waals surface area contributed by atoms with E-state index in [0.717, 1.165) is 12.2 Å². The maximum atomic E-state index is 5.70. The Labute approximate surface area is 104 Å². The lowest BCUT2D eigenvalue weighted by Gasteiger charge is -2.28. The summed E-state index contributed by atoms with van der Waals surface area (Å²) in [5, 5.41) is 0. The molecule has 0 radical (unpaired) electrons. The molecular formula is C14H22N2O. The number of nitrogen functional groups attached to an aromatic ring is 1. The molecule has 2 atom stereocenters. The Morgan fingerprint density at radius 3 is 2.76 bits per heavy atom. The first-order valence-corrected chi connectivity index (χ1v) is 6.32. The zero-order chi connectivity index (χ0) is 12.3. The first kappa shape index (κ1) is 12.4. The van der Waals surface area contributed by atoms with Crippen LogP contribution in [0.4, 0.5) is 5.69 Å². The van der Waals surface area contributed by atoms with Crippen LogP contribution in [0.3, 0.4) is 0 Å². The average molecular weight is 234 g/mol. The zero-order valence-corrected chi connectivity index (χ0v) is 10.7. The van der Waals surface area contributed by atoms with Gasteiger partial charge in [-0.3, -0.25) is 4.90 Å². The standard InChI is InChI=1S/C14H22N2O/c1-11(17-2)14-4-3-9-16(14)10-12-5-7-13(15)8-6-12/h5-8,11,14H,3-4,9-10,15H2,1-2H3/t11-,14-/m0/s1. The third-order valence-electron chi connectivity index (χ3n) is 3.69. The summed E-state index contributed by atoms with van der Waals surface area (Å²) < 4.78 is 5.46. The Morgan fingerprint density at radius 1 is 1.41 bits per heavy atom. The van der Waals surface area contributed by atoms with Crippen molar-refractivity contribution in [1.82, 2.24) is 4.90 Å². The van der Waals surface area contributed by atoms with Gasteiger partial charge in [0.05, 0.1) is 6.10 Å². The lowest BCUT2D eigenvalue weighted by Crippen LogP contribution is -2.37. The largest absolute Gasteiger partial charge is 0.399 e. The molecule has 1 saturated heterocycles.